The predicted molar refractivity (Wildman–Crippen MR) is 78.4 cm³/mol. The summed E-state index contributed by atoms with van der Waals surface area (Å²) >= 11 is 0. The number of H-pyrrole nitrogens is 1. The smallest absolute Gasteiger partial charge is 0.130 e. The van der Waals surface area contributed by atoms with Crippen molar-refractivity contribution in [3.8, 4) is 0 Å². The van der Waals surface area contributed by atoms with E-state index in [1.54, 1.807) is 6.20 Å². The molecule has 1 aromatic carbocycles. The third kappa shape index (κ3) is 2.44. The molecule has 96 valence electrons. The van der Waals surface area contributed by atoms with Crippen molar-refractivity contribution in [3.63, 3.8) is 0 Å². The standard InChI is InChI=1S/C15H16N4/c1-10(16)12-5-7-18-15(8-12)19-13-3-2-11-4-6-17-14(11)9-13/h2-10,17H,16H2,1H3,(H,18,19). The Bertz CT molecular complexity index is 700. The first-order valence-corrected chi connectivity index (χ1v) is 6.28. The second-order valence-electron chi connectivity index (χ2n) is 4.67. The van der Waals surface area contributed by atoms with Gasteiger partial charge in [0.1, 0.15) is 5.82 Å². The summed E-state index contributed by atoms with van der Waals surface area (Å²) < 4.78 is 0. The minimum Gasteiger partial charge on any atom is -0.361 e. The maximum absolute atomic E-state index is 5.88. The van der Waals surface area contributed by atoms with Crippen LogP contribution in [0.2, 0.25) is 0 Å². The molecule has 0 spiro atoms. The molecule has 0 fully saturated rings. The molecule has 1 unspecified atom stereocenters. The highest BCUT2D eigenvalue weighted by molar-refractivity contribution is 5.83. The van der Waals surface area contributed by atoms with Crippen LogP contribution in [0, 0.1) is 0 Å². The fourth-order valence-electron chi connectivity index (χ4n) is 2.07. The number of anilines is 2. The Hall–Kier alpha value is -2.33. The van der Waals surface area contributed by atoms with E-state index >= 15 is 0 Å². The van der Waals surface area contributed by atoms with Gasteiger partial charge in [0.2, 0.25) is 0 Å². The molecule has 0 aliphatic heterocycles. The molecular weight excluding hydrogens is 236 g/mol. The molecule has 4 N–H and O–H groups in total. The average Bonchev–Trinajstić information content (AvgIpc) is 2.86. The Morgan fingerprint density at radius 3 is 2.95 bits per heavy atom. The van der Waals surface area contributed by atoms with Crippen molar-refractivity contribution in [2.45, 2.75) is 13.0 Å². The number of aromatic amines is 1. The van der Waals surface area contributed by atoms with E-state index in [4.69, 9.17) is 5.73 Å². The monoisotopic (exact) mass is 252 g/mol. The van der Waals surface area contributed by atoms with Crippen LogP contribution >= 0.6 is 0 Å². The number of nitrogens with two attached hydrogens (primary N) is 1. The maximum Gasteiger partial charge on any atom is 0.130 e. The lowest BCUT2D eigenvalue weighted by Crippen LogP contribution is -2.05. The van der Waals surface area contributed by atoms with Crippen LogP contribution in [0.3, 0.4) is 0 Å². The Morgan fingerprint density at radius 1 is 1.21 bits per heavy atom. The molecule has 4 heteroatoms. The van der Waals surface area contributed by atoms with E-state index < -0.39 is 0 Å². The highest BCUT2D eigenvalue weighted by atomic mass is 15.0. The molecule has 0 aliphatic carbocycles. The molecule has 19 heavy (non-hydrogen) atoms. The average molecular weight is 252 g/mol. The first-order valence-electron chi connectivity index (χ1n) is 6.28. The molecule has 0 amide bonds. The van der Waals surface area contributed by atoms with E-state index in [-0.39, 0.29) is 6.04 Å². The van der Waals surface area contributed by atoms with Gasteiger partial charge in [0.05, 0.1) is 0 Å². The van der Waals surface area contributed by atoms with Gasteiger partial charge in [0, 0.05) is 29.6 Å². The van der Waals surface area contributed by atoms with Crippen molar-refractivity contribution in [1.82, 2.24) is 9.97 Å². The number of nitrogens with one attached hydrogen (secondary N) is 2. The molecule has 4 nitrogen and oxygen atoms in total. The second-order valence-corrected chi connectivity index (χ2v) is 4.67. The summed E-state index contributed by atoms with van der Waals surface area (Å²) in [5.41, 5.74) is 9.05. The van der Waals surface area contributed by atoms with Gasteiger partial charge in [0.25, 0.3) is 0 Å². The Kier molecular flexibility index (Phi) is 2.93. The molecule has 3 rings (SSSR count). The SMILES string of the molecule is CC(N)c1ccnc(Nc2ccc3cc[nH]c3c2)c1. The zero-order valence-electron chi connectivity index (χ0n) is 10.7. The topological polar surface area (TPSA) is 66.7 Å². The summed E-state index contributed by atoms with van der Waals surface area (Å²) in [4.78, 5) is 7.50. The van der Waals surface area contributed by atoms with Gasteiger partial charge in [-0.3, -0.25) is 0 Å². The van der Waals surface area contributed by atoms with Crippen molar-refractivity contribution in [1.29, 1.82) is 0 Å². The zero-order valence-corrected chi connectivity index (χ0v) is 10.7. The first kappa shape index (κ1) is 11.7. The van der Waals surface area contributed by atoms with Crippen LogP contribution in [0.25, 0.3) is 10.9 Å². The van der Waals surface area contributed by atoms with Crippen molar-refractivity contribution in [2.24, 2.45) is 5.73 Å². The zero-order chi connectivity index (χ0) is 13.2. The van der Waals surface area contributed by atoms with E-state index in [1.807, 2.05) is 37.4 Å². The highest BCUT2D eigenvalue weighted by Crippen LogP contribution is 2.21. The third-order valence-electron chi connectivity index (χ3n) is 3.14. The Balaban J connectivity index is 1.89. The number of pyridine rings is 1. The molecule has 0 saturated carbocycles. The van der Waals surface area contributed by atoms with Crippen LogP contribution in [0.1, 0.15) is 18.5 Å². The summed E-state index contributed by atoms with van der Waals surface area (Å²) in [6, 6.07) is 12.1. The van der Waals surface area contributed by atoms with Gasteiger partial charge >= 0.3 is 0 Å². The van der Waals surface area contributed by atoms with Crippen molar-refractivity contribution in [3.05, 3.63) is 54.4 Å². The molecular formula is C15H16N4. The number of aromatic nitrogens is 2. The maximum atomic E-state index is 5.88. The molecule has 2 heterocycles. The van der Waals surface area contributed by atoms with Crippen LogP contribution in [-0.2, 0) is 0 Å². The molecule has 3 aromatic rings. The lowest BCUT2D eigenvalue weighted by atomic mass is 10.1. The fraction of sp³-hybridized carbons (Fsp3) is 0.133. The van der Waals surface area contributed by atoms with E-state index in [9.17, 15) is 0 Å². The van der Waals surface area contributed by atoms with Gasteiger partial charge in [-0.1, -0.05) is 6.07 Å². The number of benzene rings is 1. The third-order valence-corrected chi connectivity index (χ3v) is 3.14. The summed E-state index contributed by atoms with van der Waals surface area (Å²) in [6.07, 6.45) is 3.71. The molecule has 2 aromatic heterocycles. The van der Waals surface area contributed by atoms with Gasteiger partial charge in [-0.2, -0.15) is 0 Å². The second kappa shape index (κ2) is 4.74. The molecule has 0 saturated heterocycles. The van der Waals surface area contributed by atoms with Crippen LogP contribution in [0.4, 0.5) is 11.5 Å². The molecule has 0 aliphatic rings. The minimum atomic E-state index is 0.00874. The number of fused-ring (bicyclic) bond motifs is 1. The minimum absolute atomic E-state index is 0.00874. The largest absolute Gasteiger partial charge is 0.361 e. The van der Waals surface area contributed by atoms with Crippen LogP contribution in [0.5, 0.6) is 0 Å². The van der Waals surface area contributed by atoms with Crippen LogP contribution in [0.15, 0.2) is 48.8 Å². The van der Waals surface area contributed by atoms with Crippen molar-refractivity contribution in [2.75, 3.05) is 5.32 Å². The quantitative estimate of drug-likeness (QED) is 0.669. The van der Waals surface area contributed by atoms with E-state index in [1.165, 1.54) is 5.39 Å². The number of rotatable bonds is 3. The van der Waals surface area contributed by atoms with Crippen LogP contribution < -0.4 is 11.1 Å². The van der Waals surface area contributed by atoms with Gasteiger partial charge in [-0.15, -0.1) is 0 Å². The van der Waals surface area contributed by atoms with E-state index in [0.29, 0.717) is 0 Å². The number of nitrogens with zero attached hydrogens (tertiary/aromatic N) is 1. The molecule has 0 radical (unpaired) electrons. The molecule has 1 atom stereocenters. The Morgan fingerprint density at radius 2 is 2.11 bits per heavy atom. The van der Waals surface area contributed by atoms with Gasteiger partial charge in [0.15, 0.2) is 0 Å². The summed E-state index contributed by atoms with van der Waals surface area (Å²) in [6.45, 7) is 1.96. The van der Waals surface area contributed by atoms with Crippen LogP contribution in [-0.4, -0.2) is 9.97 Å². The molecule has 0 bridgehead atoms. The van der Waals surface area contributed by atoms with E-state index in [0.717, 1.165) is 22.6 Å². The first-order chi connectivity index (χ1) is 9.22. The van der Waals surface area contributed by atoms with Gasteiger partial charge in [-0.05, 0) is 48.2 Å². The lowest BCUT2D eigenvalue weighted by molar-refractivity contribution is 0.816. The van der Waals surface area contributed by atoms with Gasteiger partial charge < -0.3 is 16.0 Å². The number of hydrogen-bond acceptors (Lipinski definition) is 3. The Labute approximate surface area is 111 Å². The summed E-state index contributed by atoms with van der Waals surface area (Å²) in [7, 11) is 0. The number of hydrogen-bond donors (Lipinski definition) is 3. The lowest BCUT2D eigenvalue weighted by Gasteiger charge is -2.09. The van der Waals surface area contributed by atoms with Crippen molar-refractivity contribution >= 4 is 22.4 Å². The summed E-state index contributed by atoms with van der Waals surface area (Å²) in [5.74, 6) is 0.806. The van der Waals surface area contributed by atoms with Gasteiger partial charge in [-0.25, -0.2) is 4.98 Å². The normalized spacial score (nSPS) is 12.5. The van der Waals surface area contributed by atoms with Crippen molar-refractivity contribution < 1.29 is 0 Å². The fourth-order valence-corrected chi connectivity index (χ4v) is 2.07. The highest BCUT2D eigenvalue weighted by Gasteiger charge is 2.03. The summed E-state index contributed by atoms with van der Waals surface area (Å²) in [5, 5.41) is 4.49. The predicted octanol–water partition coefficient (Wildman–Crippen LogP) is 3.33. The van der Waals surface area contributed by atoms with E-state index in [2.05, 4.69) is 27.4 Å².